The summed E-state index contributed by atoms with van der Waals surface area (Å²) in [5, 5.41) is 0. The molecule has 0 heterocycles. The second-order valence-corrected chi connectivity index (χ2v) is 8.06. The molecule has 0 fully saturated rings. The molecule has 0 amide bonds. The number of ether oxygens (including phenoxy) is 1. The van der Waals surface area contributed by atoms with Crippen LogP contribution in [0.3, 0.4) is 0 Å². The number of unbranched alkanes of at least 4 members (excludes halogenated alkanes) is 1. The van der Waals surface area contributed by atoms with Crippen LogP contribution in [-0.4, -0.2) is 6.61 Å². The summed E-state index contributed by atoms with van der Waals surface area (Å²) in [6.45, 7) is 10.1. The van der Waals surface area contributed by atoms with E-state index in [0.29, 0.717) is 17.8 Å². The highest BCUT2D eigenvalue weighted by molar-refractivity contribution is 5.28. The second kappa shape index (κ2) is 10.7. The highest BCUT2D eigenvalue weighted by atomic mass is 16.5. The van der Waals surface area contributed by atoms with Gasteiger partial charge in [-0.2, -0.15) is 0 Å². The van der Waals surface area contributed by atoms with Gasteiger partial charge in [0.2, 0.25) is 0 Å². The molecule has 25 heavy (non-hydrogen) atoms. The third-order valence-electron chi connectivity index (χ3n) is 5.67. The van der Waals surface area contributed by atoms with Crippen molar-refractivity contribution in [3.8, 4) is 0 Å². The molecule has 0 aromatic heterocycles. The van der Waals surface area contributed by atoms with Crippen molar-refractivity contribution in [3.05, 3.63) is 47.2 Å². The van der Waals surface area contributed by atoms with Gasteiger partial charge in [-0.15, -0.1) is 0 Å². The zero-order chi connectivity index (χ0) is 18.1. The minimum absolute atomic E-state index is 0.667. The lowest BCUT2D eigenvalue weighted by molar-refractivity contribution is 0.153. The van der Waals surface area contributed by atoms with Crippen molar-refractivity contribution in [3.63, 3.8) is 0 Å². The molecule has 0 saturated heterocycles. The summed E-state index contributed by atoms with van der Waals surface area (Å²) in [6, 6.07) is 9.45. The largest absolute Gasteiger partial charge is 0.498 e. The highest BCUT2D eigenvalue weighted by Gasteiger charge is 2.18. The summed E-state index contributed by atoms with van der Waals surface area (Å²) in [6.07, 6.45) is 12.2. The number of hydrogen-bond donors (Lipinski definition) is 0. The van der Waals surface area contributed by atoms with Crippen molar-refractivity contribution in [2.24, 2.45) is 5.92 Å². The normalized spacial score (nSPS) is 20.0. The Morgan fingerprint density at radius 3 is 2.40 bits per heavy atom. The Bertz CT molecular complexity index is 513. The molecule has 1 aromatic carbocycles. The van der Waals surface area contributed by atoms with Crippen LogP contribution < -0.4 is 0 Å². The van der Waals surface area contributed by atoms with E-state index in [1.807, 2.05) is 0 Å². The van der Waals surface area contributed by atoms with Gasteiger partial charge < -0.3 is 4.74 Å². The minimum Gasteiger partial charge on any atom is -0.498 e. The molecule has 1 aromatic rings. The molecule has 1 nitrogen and oxygen atoms in total. The Morgan fingerprint density at radius 1 is 1.04 bits per heavy atom. The minimum atomic E-state index is 0.667. The van der Waals surface area contributed by atoms with Gasteiger partial charge in [-0.05, 0) is 60.6 Å². The number of allylic oxidation sites excluding steroid dienone is 2. The Kier molecular flexibility index (Phi) is 8.58. The van der Waals surface area contributed by atoms with E-state index in [0.717, 1.165) is 19.4 Å². The smallest absolute Gasteiger partial charge is 0.0920 e. The fourth-order valence-electron chi connectivity index (χ4n) is 3.84. The average molecular weight is 343 g/mol. The van der Waals surface area contributed by atoms with E-state index in [1.54, 1.807) is 0 Å². The second-order valence-electron chi connectivity index (χ2n) is 8.06. The van der Waals surface area contributed by atoms with Crippen LogP contribution in [0.5, 0.6) is 0 Å². The first-order valence-corrected chi connectivity index (χ1v) is 10.6. The van der Waals surface area contributed by atoms with Crippen LogP contribution in [0.1, 0.15) is 102 Å². The molecule has 0 saturated carbocycles. The quantitative estimate of drug-likeness (QED) is 0.425. The van der Waals surface area contributed by atoms with Gasteiger partial charge >= 0.3 is 0 Å². The van der Waals surface area contributed by atoms with Crippen LogP contribution >= 0.6 is 0 Å². The van der Waals surface area contributed by atoms with Gasteiger partial charge in [0, 0.05) is 6.42 Å². The lowest BCUT2D eigenvalue weighted by Gasteiger charge is -2.24. The molecular formula is C24H38O. The summed E-state index contributed by atoms with van der Waals surface area (Å²) in [5.41, 5.74) is 3.00. The summed E-state index contributed by atoms with van der Waals surface area (Å²) in [7, 11) is 0. The molecule has 3 atom stereocenters. The predicted molar refractivity (Wildman–Crippen MR) is 109 cm³/mol. The van der Waals surface area contributed by atoms with Crippen molar-refractivity contribution in [1.29, 1.82) is 0 Å². The molecule has 1 aliphatic rings. The van der Waals surface area contributed by atoms with E-state index >= 15 is 0 Å². The Balaban J connectivity index is 1.83. The van der Waals surface area contributed by atoms with Crippen LogP contribution in [0, 0.1) is 5.92 Å². The molecule has 0 spiro atoms. The predicted octanol–water partition coefficient (Wildman–Crippen LogP) is 7.58. The third kappa shape index (κ3) is 6.53. The lowest BCUT2D eigenvalue weighted by Crippen LogP contribution is -2.10. The molecule has 0 radical (unpaired) electrons. The van der Waals surface area contributed by atoms with Crippen molar-refractivity contribution >= 4 is 0 Å². The Morgan fingerprint density at radius 2 is 1.80 bits per heavy atom. The summed E-state index contributed by atoms with van der Waals surface area (Å²) < 4.78 is 6.03. The number of rotatable bonds is 10. The zero-order valence-electron chi connectivity index (χ0n) is 16.9. The van der Waals surface area contributed by atoms with Gasteiger partial charge in [-0.25, -0.2) is 0 Å². The van der Waals surface area contributed by atoms with Gasteiger partial charge in [-0.1, -0.05) is 71.2 Å². The fraction of sp³-hybridized carbons (Fsp3) is 0.667. The van der Waals surface area contributed by atoms with Crippen LogP contribution in [0.25, 0.3) is 0 Å². The third-order valence-corrected chi connectivity index (χ3v) is 5.67. The monoisotopic (exact) mass is 342 g/mol. The molecular weight excluding hydrogens is 304 g/mol. The Hall–Kier alpha value is -1.24. The topological polar surface area (TPSA) is 9.23 Å². The van der Waals surface area contributed by atoms with Crippen LogP contribution in [0.4, 0.5) is 0 Å². The molecule has 3 unspecified atom stereocenters. The molecule has 1 aliphatic carbocycles. The molecule has 1 heteroatoms. The van der Waals surface area contributed by atoms with Crippen LogP contribution in [0.15, 0.2) is 36.1 Å². The van der Waals surface area contributed by atoms with E-state index in [2.05, 4.69) is 58.0 Å². The summed E-state index contributed by atoms with van der Waals surface area (Å²) >= 11 is 0. The van der Waals surface area contributed by atoms with E-state index in [-0.39, 0.29) is 0 Å². The highest BCUT2D eigenvalue weighted by Crippen LogP contribution is 2.33. The van der Waals surface area contributed by atoms with Crippen molar-refractivity contribution in [1.82, 2.24) is 0 Å². The first kappa shape index (κ1) is 20.1. The van der Waals surface area contributed by atoms with E-state index < -0.39 is 0 Å². The van der Waals surface area contributed by atoms with Gasteiger partial charge in [0.1, 0.15) is 0 Å². The summed E-state index contributed by atoms with van der Waals surface area (Å²) in [4.78, 5) is 0. The van der Waals surface area contributed by atoms with E-state index in [9.17, 15) is 0 Å². The maximum atomic E-state index is 6.03. The number of hydrogen-bond acceptors (Lipinski definition) is 1. The van der Waals surface area contributed by atoms with Crippen LogP contribution in [0.2, 0.25) is 0 Å². The first-order valence-electron chi connectivity index (χ1n) is 10.6. The SMILES string of the molecule is CCCCC(C)c1ccc(C2CC=C(OCC(C)CCC)CC2)cc1. The number of benzene rings is 1. The standard InChI is InChI=1S/C24H38O/c1-5-7-9-20(4)21-10-12-22(13-11-21)23-14-16-24(17-15-23)25-18-19(3)8-6-2/h10-13,16,19-20,23H,5-9,14-15,17-18H2,1-4H3. The molecule has 0 aliphatic heterocycles. The van der Waals surface area contributed by atoms with Crippen molar-refractivity contribution in [2.75, 3.05) is 6.61 Å². The maximum absolute atomic E-state index is 6.03. The zero-order valence-corrected chi connectivity index (χ0v) is 16.9. The average Bonchev–Trinajstić information content (AvgIpc) is 2.65. The summed E-state index contributed by atoms with van der Waals surface area (Å²) in [5.74, 6) is 3.25. The van der Waals surface area contributed by atoms with Gasteiger partial charge in [0.05, 0.1) is 12.4 Å². The Labute approximate surface area is 155 Å². The van der Waals surface area contributed by atoms with Gasteiger partial charge in [0.15, 0.2) is 0 Å². The molecule has 0 bridgehead atoms. The van der Waals surface area contributed by atoms with Crippen molar-refractivity contribution in [2.45, 2.75) is 90.9 Å². The van der Waals surface area contributed by atoms with Gasteiger partial charge in [0.25, 0.3) is 0 Å². The lowest BCUT2D eigenvalue weighted by atomic mass is 9.85. The molecule has 0 N–H and O–H groups in total. The fourth-order valence-corrected chi connectivity index (χ4v) is 3.84. The van der Waals surface area contributed by atoms with E-state index in [4.69, 9.17) is 4.74 Å². The maximum Gasteiger partial charge on any atom is 0.0920 e. The van der Waals surface area contributed by atoms with Gasteiger partial charge in [-0.3, -0.25) is 0 Å². The molecule has 2 rings (SSSR count). The van der Waals surface area contributed by atoms with Crippen molar-refractivity contribution < 1.29 is 4.74 Å². The van der Waals surface area contributed by atoms with E-state index in [1.165, 1.54) is 55.4 Å². The molecule has 140 valence electrons. The van der Waals surface area contributed by atoms with Crippen LogP contribution in [-0.2, 0) is 4.74 Å². The first-order chi connectivity index (χ1) is 12.1.